The van der Waals surface area contributed by atoms with E-state index < -0.39 is 5.41 Å². The van der Waals surface area contributed by atoms with E-state index in [1.54, 1.807) is 0 Å². The molecule has 1 aliphatic rings. The molecule has 0 heterocycles. The van der Waals surface area contributed by atoms with Crippen molar-refractivity contribution in [3.63, 3.8) is 0 Å². The number of hydrogen-bond acceptors (Lipinski definition) is 2. The van der Waals surface area contributed by atoms with E-state index in [1.807, 2.05) is 24.3 Å². The Kier molecular flexibility index (Phi) is 4.96. The molecule has 0 fully saturated rings. The first kappa shape index (κ1) is 17.7. The lowest BCUT2D eigenvalue weighted by Crippen LogP contribution is -2.43. The predicted octanol–water partition coefficient (Wildman–Crippen LogP) is 4.00. The van der Waals surface area contributed by atoms with Crippen molar-refractivity contribution in [2.24, 2.45) is 5.73 Å². The molecular weight excluding hydrogens is 308 g/mol. The summed E-state index contributed by atoms with van der Waals surface area (Å²) in [5.74, 6) is -0.246. The summed E-state index contributed by atoms with van der Waals surface area (Å²) in [6.45, 7) is 6.51. The van der Waals surface area contributed by atoms with Crippen LogP contribution >= 0.6 is 0 Å². The van der Waals surface area contributed by atoms with Gasteiger partial charge in [0, 0.05) is 12.1 Å². The highest BCUT2D eigenvalue weighted by Gasteiger charge is 2.47. The second kappa shape index (κ2) is 7.01. The smallest absolute Gasteiger partial charge is 0.232 e. The number of carbonyl (C=O) groups is 1. The van der Waals surface area contributed by atoms with Gasteiger partial charge < -0.3 is 11.1 Å². The van der Waals surface area contributed by atoms with Crippen LogP contribution in [0.3, 0.4) is 0 Å². The lowest BCUT2D eigenvalue weighted by atomic mass is 9.73. The molecule has 2 aromatic carbocycles. The first-order valence-corrected chi connectivity index (χ1v) is 9.26. The number of carbonyl (C=O) groups excluding carboxylic acids is 1. The molecule has 3 heteroatoms. The molecule has 0 saturated heterocycles. The van der Waals surface area contributed by atoms with Gasteiger partial charge in [0.05, 0.1) is 5.41 Å². The van der Waals surface area contributed by atoms with Crippen LogP contribution in [0.15, 0.2) is 48.5 Å². The van der Waals surface area contributed by atoms with Gasteiger partial charge in [0.25, 0.3) is 0 Å². The number of fused-ring (bicyclic) bond motifs is 3. The zero-order chi connectivity index (χ0) is 18.0. The van der Waals surface area contributed by atoms with Gasteiger partial charge in [-0.15, -0.1) is 0 Å². The standard InChI is InChI=1S/C22H28N2O/c1-4-16(24-15(2)3)13-14-22(21(23)25)19-11-7-5-9-17(19)18-10-6-8-12-20(18)22/h5-12,15-16,24H,4,13-14H2,1-3H3,(H2,23,25). The third-order valence-electron chi connectivity index (χ3n) is 5.41. The van der Waals surface area contributed by atoms with E-state index in [0.29, 0.717) is 12.1 Å². The highest BCUT2D eigenvalue weighted by atomic mass is 16.1. The maximum absolute atomic E-state index is 12.8. The fourth-order valence-corrected chi connectivity index (χ4v) is 4.25. The Hall–Kier alpha value is -2.13. The molecule has 1 unspecified atom stereocenters. The van der Waals surface area contributed by atoms with Gasteiger partial charge in [-0.05, 0) is 41.5 Å². The molecule has 0 aromatic heterocycles. The summed E-state index contributed by atoms with van der Waals surface area (Å²) in [5.41, 5.74) is 9.71. The van der Waals surface area contributed by atoms with E-state index in [1.165, 1.54) is 0 Å². The summed E-state index contributed by atoms with van der Waals surface area (Å²) >= 11 is 0. The van der Waals surface area contributed by atoms with Gasteiger partial charge in [0.1, 0.15) is 0 Å². The molecule has 3 nitrogen and oxygen atoms in total. The quantitative estimate of drug-likeness (QED) is 0.803. The van der Waals surface area contributed by atoms with Gasteiger partial charge in [0.2, 0.25) is 5.91 Å². The van der Waals surface area contributed by atoms with Gasteiger partial charge >= 0.3 is 0 Å². The van der Waals surface area contributed by atoms with Crippen LogP contribution in [0.5, 0.6) is 0 Å². The van der Waals surface area contributed by atoms with Crippen molar-refractivity contribution in [1.82, 2.24) is 5.32 Å². The van der Waals surface area contributed by atoms with E-state index in [9.17, 15) is 4.79 Å². The van der Waals surface area contributed by atoms with Crippen LogP contribution in [0.1, 0.15) is 51.2 Å². The van der Waals surface area contributed by atoms with Crippen molar-refractivity contribution in [2.75, 3.05) is 0 Å². The lowest BCUT2D eigenvalue weighted by Gasteiger charge is -2.31. The Morgan fingerprint density at radius 2 is 1.56 bits per heavy atom. The molecule has 0 aliphatic heterocycles. The fraction of sp³-hybridized carbons (Fsp3) is 0.409. The maximum atomic E-state index is 12.8. The summed E-state index contributed by atoms with van der Waals surface area (Å²) in [4.78, 5) is 12.8. The van der Waals surface area contributed by atoms with Gasteiger partial charge in [-0.25, -0.2) is 0 Å². The van der Waals surface area contributed by atoms with Gasteiger partial charge in [-0.1, -0.05) is 69.3 Å². The second-order valence-corrected chi connectivity index (χ2v) is 7.33. The number of hydrogen-bond donors (Lipinski definition) is 2. The van der Waals surface area contributed by atoms with Gasteiger partial charge in [-0.3, -0.25) is 4.79 Å². The van der Waals surface area contributed by atoms with Crippen LogP contribution in [-0.2, 0) is 10.2 Å². The number of benzene rings is 2. The summed E-state index contributed by atoms with van der Waals surface area (Å²) in [7, 11) is 0. The van der Waals surface area contributed by atoms with Crippen molar-refractivity contribution in [3.05, 3.63) is 59.7 Å². The molecule has 0 bridgehead atoms. The number of nitrogens with two attached hydrogens (primary N) is 1. The molecule has 1 atom stereocenters. The summed E-state index contributed by atoms with van der Waals surface area (Å²) in [6, 6.07) is 17.2. The summed E-state index contributed by atoms with van der Waals surface area (Å²) in [5, 5.41) is 3.61. The third kappa shape index (κ3) is 2.98. The average molecular weight is 336 g/mol. The predicted molar refractivity (Wildman–Crippen MR) is 103 cm³/mol. The van der Waals surface area contributed by atoms with Crippen LogP contribution in [0.25, 0.3) is 11.1 Å². The van der Waals surface area contributed by atoms with Crippen LogP contribution in [-0.4, -0.2) is 18.0 Å². The number of primary amides is 1. The SMILES string of the molecule is CCC(CCC1(C(N)=O)c2ccccc2-c2ccccc21)NC(C)C. The van der Waals surface area contributed by atoms with Crippen LogP contribution in [0.2, 0.25) is 0 Å². The normalized spacial score (nSPS) is 15.7. The van der Waals surface area contributed by atoms with E-state index in [4.69, 9.17) is 5.73 Å². The monoisotopic (exact) mass is 336 g/mol. The Morgan fingerprint density at radius 1 is 1.04 bits per heavy atom. The highest BCUT2D eigenvalue weighted by Crippen LogP contribution is 2.51. The van der Waals surface area contributed by atoms with Crippen molar-refractivity contribution in [1.29, 1.82) is 0 Å². The number of amides is 1. The summed E-state index contributed by atoms with van der Waals surface area (Å²) < 4.78 is 0. The molecule has 132 valence electrons. The van der Waals surface area contributed by atoms with E-state index in [0.717, 1.165) is 41.5 Å². The number of nitrogens with one attached hydrogen (secondary N) is 1. The molecule has 2 aromatic rings. The van der Waals surface area contributed by atoms with Gasteiger partial charge in [-0.2, -0.15) is 0 Å². The van der Waals surface area contributed by atoms with Crippen LogP contribution < -0.4 is 11.1 Å². The molecular formula is C22H28N2O. The molecule has 25 heavy (non-hydrogen) atoms. The zero-order valence-corrected chi connectivity index (χ0v) is 15.4. The van der Waals surface area contributed by atoms with Crippen molar-refractivity contribution in [2.45, 2.75) is 57.5 Å². The second-order valence-electron chi connectivity index (χ2n) is 7.33. The van der Waals surface area contributed by atoms with E-state index in [2.05, 4.69) is 50.4 Å². The Bertz CT molecular complexity index is 721. The molecule has 1 amide bonds. The Morgan fingerprint density at radius 3 is 2.00 bits per heavy atom. The molecule has 0 radical (unpaired) electrons. The minimum Gasteiger partial charge on any atom is -0.369 e. The molecule has 0 spiro atoms. The van der Waals surface area contributed by atoms with Crippen LogP contribution in [0, 0.1) is 0 Å². The molecule has 3 rings (SSSR count). The first-order valence-electron chi connectivity index (χ1n) is 9.26. The Labute approximate surface area is 150 Å². The highest BCUT2D eigenvalue weighted by molar-refractivity contribution is 5.99. The molecule has 3 N–H and O–H groups in total. The lowest BCUT2D eigenvalue weighted by molar-refractivity contribution is -0.122. The first-order chi connectivity index (χ1) is 12.0. The zero-order valence-electron chi connectivity index (χ0n) is 15.4. The average Bonchev–Trinajstić information content (AvgIpc) is 2.90. The molecule has 1 aliphatic carbocycles. The van der Waals surface area contributed by atoms with Crippen molar-refractivity contribution < 1.29 is 4.79 Å². The maximum Gasteiger partial charge on any atom is 0.232 e. The summed E-state index contributed by atoms with van der Waals surface area (Å²) in [6.07, 6.45) is 2.69. The topological polar surface area (TPSA) is 55.1 Å². The van der Waals surface area contributed by atoms with Crippen molar-refractivity contribution >= 4 is 5.91 Å². The minimum absolute atomic E-state index is 0.246. The van der Waals surface area contributed by atoms with Crippen LogP contribution in [0.4, 0.5) is 0 Å². The fourth-order valence-electron chi connectivity index (χ4n) is 4.25. The molecule has 0 saturated carbocycles. The minimum atomic E-state index is -0.723. The third-order valence-corrected chi connectivity index (χ3v) is 5.41. The Balaban J connectivity index is 2.04. The number of rotatable bonds is 7. The van der Waals surface area contributed by atoms with E-state index in [-0.39, 0.29) is 5.91 Å². The van der Waals surface area contributed by atoms with E-state index >= 15 is 0 Å². The van der Waals surface area contributed by atoms with Gasteiger partial charge in [0.15, 0.2) is 0 Å². The van der Waals surface area contributed by atoms with Crippen molar-refractivity contribution in [3.8, 4) is 11.1 Å². The largest absolute Gasteiger partial charge is 0.369 e.